The Kier molecular flexibility index (Phi) is 3.70. The Bertz CT molecular complexity index is 278. The van der Waals surface area contributed by atoms with Gasteiger partial charge in [-0.3, -0.25) is 9.59 Å². The number of carbonyl (C=O) groups is 2. The molecule has 1 fully saturated rings. The zero-order chi connectivity index (χ0) is 10.6. The van der Waals surface area contributed by atoms with Crippen molar-refractivity contribution in [3.05, 3.63) is 0 Å². The third kappa shape index (κ3) is 2.35. The van der Waals surface area contributed by atoms with Gasteiger partial charge in [-0.2, -0.15) is 0 Å². The van der Waals surface area contributed by atoms with Gasteiger partial charge in [-0.15, -0.1) is 6.42 Å². The van der Waals surface area contributed by atoms with Crippen LogP contribution < -0.4 is 0 Å². The van der Waals surface area contributed by atoms with Crippen molar-refractivity contribution in [2.45, 2.75) is 38.6 Å². The van der Waals surface area contributed by atoms with Gasteiger partial charge in [-0.25, -0.2) is 0 Å². The highest BCUT2D eigenvalue weighted by molar-refractivity contribution is 6.00. The first-order chi connectivity index (χ1) is 6.69. The number of hydrogen-bond donors (Lipinski definition) is 0. The van der Waals surface area contributed by atoms with Crippen molar-refractivity contribution in [3.63, 3.8) is 0 Å². The number of carbonyl (C=O) groups excluding carboxylic acids is 2. The predicted octanol–water partition coefficient (Wildman–Crippen LogP) is 0.980. The molecule has 14 heavy (non-hydrogen) atoms. The molecule has 0 radical (unpaired) electrons. The first-order valence-corrected chi connectivity index (χ1v) is 4.96. The van der Waals surface area contributed by atoms with Crippen LogP contribution in [0.3, 0.4) is 0 Å². The minimum absolute atomic E-state index is 0.0264. The molecule has 1 atom stereocenters. The maximum atomic E-state index is 11.5. The third-order valence-electron chi connectivity index (χ3n) is 2.43. The molecule has 0 aromatic carbocycles. The Morgan fingerprint density at radius 2 is 2.29 bits per heavy atom. The van der Waals surface area contributed by atoms with E-state index in [-0.39, 0.29) is 24.2 Å². The Balaban J connectivity index is 2.63. The number of nitrogens with zero attached hydrogens (tertiary/aromatic N) is 1. The summed E-state index contributed by atoms with van der Waals surface area (Å²) >= 11 is 0. The lowest BCUT2D eigenvalue weighted by molar-refractivity contribution is -0.140. The highest BCUT2D eigenvalue weighted by Gasteiger charge is 2.27. The van der Waals surface area contributed by atoms with Gasteiger partial charge in [-0.05, 0) is 6.42 Å². The topological polar surface area (TPSA) is 37.4 Å². The number of terminal acetylenes is 1. The van der Waals surface area contributed by atoms with E-state index in [1.54, 1.807) is 4.90 Å². The minimum Gasteiger partial charge on any atom is -0.328 e. The van der Waals surface area contributed by atoms with E-state index in [9.17, 15) is 9.59 Å². The number of hydrogen-bond acceptors (Lipinski definition) is 2. The standard InChI is InChI=1S/C11H15NO2/c1-3-5-9(4-2)12-7-6-10(13)8-11(12)14/h2,9H,3,5-8H2,1H3. The molecule has 1 unspecified atom stereocenters. The predicted molar refractivity (Wildman–Crippen MR) is 53.5 cm³/mol. The number of rotatable bonds is 3. The van der Waals surface area contributed by atoms with E-state index in [1.165, 1.54) is 0 Å². The maximum Gasteiger partial charge on any atom is 0.231 e. The van der Waals surface area contributed by atoms with Gasteiger partial charge >= 0.3 is 0 Å². The van der Waals surface area contributed by atoms with Crippen molar-refractivity contribution < 1.29 is 9.59 Å². The second kappa shape index (κ2) is 4.80. The molecule has 76 valence electrons. The van der Waals surface area contributed by atoms with Gasteiger partial charge in [0.1, 0.15) is 5.78 Å². The molecular formula is C11H15NO2. The Hall–Kier alpha value is -1.30. The van der Waals surface area contributed by atoms with E-state index in [4.69, 9.17) is 6.42 Å². The number of piperidine rings is 1. The molecule has 0 aliphatic carbocycles. The van der Waals surface area contributed by atoms with Crippen LogP contribution in [0.25, 0.3) is 0 Å². The molecule has 1 heterocycles. The molecule has 1 saturated heterocycles. The normalized spacial score (nSPS) is 19.3. The van der Waals surface area contributed by atoms with Crippen molar-refractivity contribution in [2.75, 3.05) is 6.54 Å². The summed E-state index contributed by atoms with van der Waals surface area (Å²) in [4.78, 5) is 24.1. The molecule has 0 bridgehead atoms. The van der Waals surface area contributed by atoms with Gasteiger partial charge in [0.15, 0.2) is 0 Å². The van der Waals surface area contributed by atoms with Gasteiger partial charge < -0.3 is 4.90 Å². The first kappa shape index (κ1) is 10.8. The quantitative estimate of drug-likeness (QED) is 0.495. The lowest BCUT2D eigenvalue weighted by Gasteiger charge is -2.30. The van der Waals surface area contributed by atoms with Crippen LogP contribution in [0.15, 0.2) is 0 Å². The lowest BCUT2D eigenvalue weighted by atomic mass is 10.0. The number of ketones is 1. The Labute approximate surface area is 84.5 Å². The SMILES string of the molecule is C#CC(CCC)N1CCC(=O)CC1=O. The molecule has 3 heteroatoms. The fourth-order valence-corrected chi connectivity index (χ4v) is 1.66. The van der Waals surface area contributed by atoms with Crippen molar-refractivity contribution in [3.8, 4) is 12.3 Å². The van der Waals surface area contributed by atoms with Crippen LogP contribution in [0.4, 0.5) is 0 Å². The summed E-state index contributed by atoms with van der Waals surface area (Å²) in [5, 5.41) is 0. The van der Waals surface area contributed by atoms with Crippen LogP contribution in [-0.4, -0.2) is 29.2 Å². The second-order valence-electron chi connectivity index (χ2n) is 3.52. The molecular weight excluding hydrogens is 178 g/mol. The third-order valence-corrected chi connectivity index (χ3v) is 2.43. The molecule has 1 aliphatic rings. The highest BCUT2D eigenvalue weighted by Crippen LogP contribution is 2.14. The molecule has 0 saturated carbocycles. The first-order valence-electron chi connectivity index (χ1n) is 4.96. The fourth-order valence-electron chi connectivity index (χ4n) is 1.66. The molecule has 1 aliphatic heterocycles. The summed E-state index contributed by atoms with van der Waals surface area (Å²) in [6.07, 6.45) is 7.61. The van der Waals surface area contributed by atoms with Crippen LogP contribution in [0, 0.1) is 12.3 Å². The Morgan fingerprint density at radius 1 is 1.57 bits per heavy atom. The molecule has 3 nitrogen and oxygen atoms in total. The van der Waals surface area contributed by atoms with Crippen LogP contribution in [0.2, 0.25) is 0 Å². The van der Waals surface area contributed by atoms with E-state index >= 15 is 0 Å². The van der Waals surface area contributed by atoms with Crippen LogP contribution in [0.5, 0.6) is 0 Å². The summed E-state index contributed by atoms with van der Waals surface area (Å²) in [6, 6.07) is -0.124. The summed E-state index contributed by atoms with van der Waals surface area (Å²) < 4.78 is 0. The smallest absolute Gasteiger partial charge is 0.231 e. The molecule has 0 aromatic heterocycles. The van der Waals surface area contributed by atoms with E-state index in [2.05, 4.69) is 5.92 Å². The van der Waals surface area contributed by atoms with E-state index in [0.717, 1.165) is 12.8 Å². The maximum absolute atomic E-state index is 11.5. The van der Waals surface area contributed by atoms with Crippen molar-refractivity contribution >= 4 is 11.7 Å². The number of Topliss-reactive ketones (excluding diaryl/α,β-unsaturated/α-hetero) is 1. The molecule has 0 N–H and O–H groups in total. The fraction of sp³-hybridized carbons (Fsp3) is 0.636. The number of likely N-dealkylation sites (tertiary alicyclic amines) is 1. The summed E-state index contributed by atoms with van der Waals surface area (Å²) in [5.74, 6) is 2.52. The Morgan fingerprint density at radius 3 is 2.79 bits per heavy atom. The van der Waals surface area contributed by atoms with Crippen LogP contribution in [0.1, 0.15) is 32.6 Å². The van der Waals surface area contributed by atoms with E-state index in [0.29, 0.717) is 13.0 Å². The molecule has 0 aromatic rings. The monoisotopic (exact) mass is 193 g/mol. The molecule has 0 spiro atoms. The van der Waals surface area contributed by atoms with Crippen molar-refractivity contribution in [1.29, 1.82) is 0 Å². The summed E-state index contributed by atoms with van der Waals surface area (Å²) in [6.45, 7) is 2.52. The summed E-state index contributed by atoms with van der Waals surface area (Å²) in [5.41, 5.74) is 0. The van der Waals surface area contributed by atoms with Gasteiger partial charge in [0.05, 0.1) is 12.5 Å². The minimum atomic E-state index is -0.124. The second-order valence-corrected chi connectivity index (χ2v) is 3.52. The van der Waals surface area contributed by atoms with Crippen LogP contribution >= 0.6 is 0 Å². The van der Waals surface area contributed by atoms with Crippen molar-refractivity contribution in [1.82, 2.24) is 4.90 Å². The number of amides is 1. The van der Waals surface area contributed by atoms with Gasteiger partial charge in [0, 0.05) is 13.0 Å². The summed E-state index contributed by atoms with van der Waals surface area (Å²) in [7, 11) is 0. The highest BCUT2D eigenvalue weighted by atomic mass is 16.2. The van der Waals surface area contributed by atoms with Gasteiger partial charge in [0.2, 0.25) is 5.91 Å². The van der Waals surface area contributed by atoms with Crippen LogP contribution in [-0.2, 0) is 9.59 Å². The van der Waals surface area contributed by atoms with Crippen molar-refractivity contribution in [2.24, 2.45) is 0 Å². The molecule has 1 rings (SSSR count). The lowest BCUT2D eigenvalue weighted by Crippen LogP contribution is -2.45. The molecule has 1 amide bonds. The average molecular weight is 193 g/mol. The largest absolute Gasteiger partial charge is 0.328 e. The van der Waals surface area contributed by atoms with E-state index in [1.807, 2.05) is 6.92 Å². The van der Waals surface area contributed by atoms with Gasteiger partial charge in [-0.1, -0.05) is 19.3 Å². The zero-order valence-electron chi connectivity index (χ0n) is 8.45. The average Bonchev–Trinajstić information content (AvgIpc) is 2.15. The zero-order valence-corrected chi connectivity index (χ0v) is 8.45. The van der Waals surface area contributed by atoms with E-state index < -0.39 is 0 Å². The van der Waals surface area contributed by atoms with Gasteiger partial charge in [0.25, 0.3) is 0 Å².